The van der Waals surface area contributed by atoms with Crippen LogP contribution < -0.4 is 4.72 Å². The molecule has 0 saturated heterocycles. The summed E-state index contributed by atoms with van der Waals surface area (Å²) in [6.07, 6.45) is 4.20. The van der Waals surface area contributed by atoms with Crippen LogP contribution in [-0.2, 0) is 17.1 Å². The first-order valence-electron chi connectivity index (χ1n) is 5.02. The molecule has 8 heteroatoms. The van der Waals surface area contributed by atoms with Crippen LogP contribution >= 0.6 is 11.6 Å². The van der Waals surface area contributed by atoms with Gasteiger partial charge in [-0.05, 0) is 18.6 Å². The van der Waals surface area contributed by atoms with E-state index in [1.165, 1.54) is 23.1 Å². The van der Waals surface area contributed by atoms with Gasteiger partial charge in [0, 0.05) is 19.4 Å². The number of aryl methyl sites for hydroxylation is 2. The lowest BCUT2D eigenvalue weighted by Crippen LogP contribution is -2.13. The van der Waals surface area contributed by atoms with Crippen LogP contribution in [0.4, 0.5) is 5.69 Å². The normalized spacial score (nSPS) is 11.5. The number of nitrogens with zero attached hydrogens (tertiary/aromatic N) is 3. The van der Waals surface area contributed by atoms with Gasteiger partial charge >= 0.3 is 0 Å². The van der Waals surface area contributed by atoms with E-state index >= 15 is 0 Å². The van der Waals surface area contributed by atoms with Crippen molar-refractivity contribution in [1.82, 2.24) is 14.8 Å². The van der Waals surface area contributed by atoms with Crippen LogP contribution in [0.3, 0.4) is 0 Å². The van der Waals surface area contributed by atoms with E-state index in [4.69, 9.17) is 11.6 Å². The molecular weight excluding hydrogens is 276 g/mol. The molecular formula is C10H11ClN4O2S. The summed E-state index contributed by atoms with van der Waals surface area (Å²) >= 11 is 5.75. The topological polar surface area (TPSA) is 76.9 Å². The van der Waals surface area contributed by atoms with Gasteiger partial charge in [-0.3, -0.25) is 9.40 Å². The first kappa shape index (κ1) is 12.8. The maximum atomic E-state index is 12.0. The molecule has 0 fully saturated rings. The second-order valence-electron chi connectivity index (χ2n) is 3.79. The van der Waals surface area contributed by atoms with Crippen LogP contribution in [0, 0.1) is 6.92 Å². The van der Waals surface area contributed by atoms with Gasteiger partial charge in [0.1, 0.15) is 10.0 Å². The molecule has 96 valence electrons. The molecule has 0 bridgehead atoms. The Balaban J connectivity index is 2.33. The monoisotopic (exact) mass is 286 g/mol. The molecule has 0 atom stereocenters. The molecule has 0 aliphatic heterocycles. The number of aromatic nitrogens is 3. The van der Waals surface area contributed by atoms with E-state index in [0.717, 1.165) is 0 Å². The van der Waals surface area contributed by atoms with E-state index in [-0.39, 0.29) is 10.0 Å². The lowest BCUT2D eigenvalue weighted by atomic mass is 10.3. The van der Waals surface area contributed by atoms with Crippen LogP contribution in [0.2, 0.25) is 5.15 Å². The van der Waals surface area contributed by atoms with Crippen molar-refractivity contribution in [2.75, 3.05) is 4.72 Å². The Morgan fingerprint density at radius 2 is 2.11 bits per heavy atom. The predicted molar refractivity (Wildman–Crippen MR) is 68.0 cm³/mol. The van der Waals surface area contributed by atoms with Crippen molar-refractivity contribution >= 4 is 27.3 Å². The smallest absolute Gasteiger partial charge is 0.263 e. The summed E-state index contributed by atoms with van der Waals surface area (Å²) in [5.74, 6) is 0. The zero-order valence-corrected chi connectivity index (χ0v) is 11.3. The van der Waals surface area contributed by atoms with Gasteiger partial charge in [0.2, 0.25) is 0 Å². The van der Waals surface area contributed by atoms with Gasteiger partial charge in [-0.15, -0.1) is 0 Å². The standard InChI is InChI=1S/C10H11ClN4O2S/c1-7-3-9(5-12-10(7)11)18(16,17)14-8-4-13-15(2)6-8/h3-6,14H,1-2H3. The average Bonchev–Trinajstić information content (AvgIpc) is 2.67. The van der Waals surface area contributed by atoms with Crippen molar-refractivity contribution in [2.45, 2.75) is 11.8 Å². The van der Waals surface area contributed by atoms with Gasteiger partial charge in [-0.25, -0.2) is 13.4 Å². The van der Waals surface area contributed by atoms with Crippen molar-refractivity contribution in [1.29, 1.82) is 0 Å². The van der Waals surface area contributed by atoms with E-state index in [1.807, 2.05) is 0 Å². The summed E-state index contributed by atoms with van der Waals surface area (Å²) < 4.78 is 28.0. The Bertz CT molecular complexity index is 681. The molecule has 0 unspecified atom stereocenters. The van der Waals surface area contributed by atoms with Crippen LogP contribution in [0.15, 0.2) is 29.6 Å². The van der Waals surface area contributed by atoms with E-state index < -0.39 is 10.0 Å². The Morgan fingerprint density at radius 3 is 2.67 bits per heavy atom. The summed E-state index contributed by atoms with van der Waals surface area (Å²) in [5.41, 5.74) is 0.996. The lowest BCUT2D eigenvalue weighted by molar-refractivity contribution is 0.600. The molecule has 0 aromatic carbocycles. The van der Waals surface area contributed by atoms with Crippen LogP contribution in [0.5, 0.6) is 0 Å². The number of hydrogen-bond donors (Lipinski definition) is 1. The van der Waals surface area contributed by atoms with Crippen LogP contribution in [0.25, 0.3) is 0 Å². The van der Waals surface area contributed by atoms with Crippen molar-refractivity contribution in [3.05, 3.63) is 35.4 Å². The van der Waals surface area contributed by atoms with E-state index in [0.29, 0.717) is 11.3 Å². The molecule has 0 radical (unpaired) electrons. The first-order valence-corrected chi connectivity index (χ1v) is 6.88. The molecule has 2 rings (SSSR count). The van der Waals surface area contributed by atoms with Gasteiger partial charge in [-0.2, -0.15) is 5.10 Å². The van der Waals surface area contributed by atoms with Gasteiger partial charge in [0.05, 0.1) is 11.9 Å². The molecule has 0 amide bonds. The third kappa shape index (κ3) is 2.62. The molecule has 18 heavy (non-hydrogen) atoms. The SMILES string of the molecule is Cc1cc(S(=O)(=O)Nc2cnn(C)c2)cnc1Cl. The van der Waals surface area contributed by atoms with E-state index in [9.17, 15) is 8.42 Å². The molecule has 0 aliphatic rings. The third-order valence-corrected chi connectivity index (χ3v) is 4.00. The zero-order chi connectivity index (χ0) is 13.3. The van der Waals surface area contributed by atoms with Crippen molar-refractivity contribution < 1.29 is 8.42 Å². The minimum atomic E-state index is -3.66. The highest BCUT2D eigenvalue weighted by Gasteiger charge is 2.16. The van der Waals surface area contributed by atoms with Gasteiger partial charge in [0.25, 0.3) is 10.0 Å². The van der Waals surface area contributed by atoms with Crippen molar-refractivity contribution in [3.63, 3.8) is 0 Å². The largest absolute Gasteiger partial charge is 0.276 e. The Labute approximate surface area is 110 Å². The lowest BCUT2D eigenvalue weighted by Gasteiger charge is -2.06. The number of nitrogens with one attached hydrogen (secondary N) is 1. The van der Waals surface area contributed by atoms with Crippen molar-refractivity contribution in [3.8, 4) is 0 Å². The quantitative estimate of drug-likeness (QED) is 0.869. The fraction of sp³-hybridized carbons (Fsp3) is 0.200. The molecule has 1 N–H and O–H groups in total. The summed E-state index contributed by atoms with van der Waals surface area (Å²) in [6, 6.07) is 1.47. The molecule has 2 aromatic heterocycles. The van der Waals surface area contributed by atoms with Gasteiger partial charge in [0.15, 0.2) is 0 Å². The van der Waals surface area contributed by atoms with Gasteiger partial charge < -0.3 is 0 Å². The minimum absolute atomic E-state index is 0.0632. The molecule has 2 heterocycles. The summed E-state index contributed by atoms with van der Waals surface area (Å²) in [7, 11) is -1.96. The fourth-order valence-corrected chi connectivity index (χ4v) is 2.53. The van der Waals surface area contributed by atoms with Crippen LogP contribution in [0.1, 0.15) is 5.56 Å². The van der Waals surface area contributed by atoms with Crippen molar-refractivity contribution in [2.24, 2.45) is 7.05 Å². The second-order valence-corrected chi connectivity index (χ2v) is 5.83. The number of sulfonamides is 1. The fourth-order valence-electron chi connectivity index (χ4n) is 1.37. The minimum Gasteiger partial charge on any atom is -0.276 e. The van der Waals surface area contributed by atoms with E-state index in [2.05, 4.69) is 14.8 Å². The van der Waals surface area contributed by atoms with Gasteiger partial charge in [-0.1, -0.05) is 11.6 Å². The highest BCUT2D eigenvalue weighted by molar-refractivity contribution is 7.92. The maximum absolute atomic E-state index is 12.0. The summed E-state index contributed by atoms with van der Waals surface area (Å²) in [4.78, 5) is 3.88. The maximum Gasteiger partial charge on any atom is 0.263 e. The summed E-state index contributed by atoms with van der Waals surface area (Å²) in [6.45, 7) is 1.69. The highest BCUT2D eigenvalue weighted by Crippen LogP contribution is 2.19. The highest BCUT2D eigenvalue weighted by atomic mass is 35.5. The Kier molecular flexibility index (Phi) is 3.27. The number of pyridine rings is 1. The summed E-state index contributed by atoms with van der Waals surface area (Å²) in [5, 5.41) is 4.17. The second kappa shape index (κ2) is 4.58. The zero-order valence-electron chi connectivity index (χ0n) is 9.75. The Hall–Kier alpha value is -1.60. The molecule has 0 aliphatic carbocycles. The molecule has 0 saturated carbocycles. The average molecular weight is 287 g/mol. The third-order valence-electron chi connectivity index (χ3n) is 2.26. The predicted octanol–water partition coefficient (Wildman–Crippen LogP) is 1.58. The molecule has 6 nitrogen and oxygen atoms in total. The molecule has 2 aromatic rings. The Morgan fingerprint density at radius 1 is 1.39 bits per heavy atom. The number of halogens is 1. The first-order chi connectivity index (χ1) is 8.38. The number of anilines is 1. The molecule has 0 spiro atoms. The van der Waals surface area contributed by atoms with Crippen LogP contribution in [-0.4, -0.2) is 23.2 Å². The number of hydrogen-bond acceptors (Lipinski definition) is 4. The van der Waals surface area contributed by atoms with E-state index in [1.54, 1.807) is 20.2 Å². The number of rotatable bonds is 3.